The van der Waals surface area contributed by atoms with Crippen molar-refractivity contribution in [2.45, 2.75) is 20.5 Å². The van der Waals surface area contributed by atoms with Crippen molar-refractivity contribution in [3.05, 3.63) is 34.4 Å². The molecule has 3 heteroatoms. The normalized spacial score (nSPS) is 10.4. The molecule has 0 bridgehead atoms. The smallest absolute Gasteiger partial charge is 0.132 e. The van der Waals surface area contributed by atoms with Gasteiger partial charge in [0.2, 0.25) is 0 Å². The van der Waals surface area contributed by atoms with Crippen molar-refractivity contribution in [2.75, 3.05) is 0 Å². The van der Waals surface area contributed by atoms with Crippen LogP contribution in [0.5, 0.6) is 0 Å². The maximum Gasteiger partial charge on any atom is 0.132 e. The van der Waals surface area contributed by atoms with Gasteiger partial charge in [-0.05, 0) is 31.0 Å². The van der Waals surface area contributed by atoms with Gasteiger partial charge >= 0.3 is 0 Å². The first-order valence-electron chi connectivity index (χ1n) is 3.63. The first-order chi connectivity index (χ1) is 5.57. The summed E-state index contributed by atoms with van der Waals surface area (Å²) < 4.78 is 26.0. The van der Waals surface area contributed by atoms with Crippen LogP contribution < -0.4 is 0 Å². The van der Waals surface area contributed by atoms with Crippen LogP contribution in [0.1, 0.15) is 16.7 Å². The number of rotatable bonds is 1. The topological polar surface area (TPSA) is 20.2 Å². The lowest BCUT2D eigenvalue weighted by Gasteiger charge is -2.07. The Labute approximate surface area is 69.7 Å². The largest absolute Gasteiger partial charge is 0.392 e. The van der Waals surface area contributed by atoms with Crippen LogP contribution in [0.15, 0.2) is 6.07 Å². The van der Waals surface area contributed by atoms with E-state index in [0.717, 1.165) is 6.07 Å². The average molecular weight is 172 g/mol. The molecule has 0 amide bonds. The van der Waals surface area contributed by atoms with Gasteiger partial charge < -0.3 is 5.11 Å². The van der Waals surface area contributed by atoms with Gasteiger partial charge in [-0.2, -0.15) is 0 Å². The second-order valence-corrected chi connectivity index (χ2v) is 2.75. The van der Waals surface area contributed by atoms with Crippen LogP contribution in [0.3, 0.4) is 0 Å². The van der Waals surface area contributed by atoms with E-state index in [-0.39, 0.29) is 16.7 Å². The van der Waals surface area contributed by atoms with E-state index in [9.17, 15) is 8.78 Å². The highest BCUT2D eigenvalue weighted by Gasteiger charge is 2.11. The van der Waals surface area contributed by atoms with Gasteiger partial charge in [0.1, 0.15) is 11.6 Å². The van der Waals surface area contributed by atoms with Crippen LogP contribution >= 0.6 is 0 Å². The molecule has 0 unspecified atom stereocenters. The van der Waals surface area contributed by atoms with Crippen molar-refractivity contribution in [2.24, 2.45) is 0 Å². The summed E-state index contributed by atoms with van der Waals surface area (Å²) in [4.78, 5) is 0. The zero-order valence-corrected chi connectivity index (χ0v) is 6.99. The molecule has 12 heavy (non-hydrogen) atoms. The lowest BCUT2D eigenvalue weighted by molar-refractivity contribution is 0.273. The molecule has 0 aromatic heterocycles. The highest BCUT2D eigenvalue weighted by Crippen LogP contribution is 2.19. The Morgan fingerprint density at radius 2 is 1.92 bits per heavy atom. The highest BCUT2D eigenvalue weighted by atomic mass is 19.1. The molecule has 1 rings (SSSR count). The minimum atomic E-state index is -0.517. The molecule has 0 saturated carbocycles. The predicted molar refractivity (Wildman–Crippen MR) is 41.8 cm³/mol. The van der Waals surface area contributed by atoms with Gasteiger partial charge in [0.25, 0.3) is 0 Å². The molecule has 0 spiro atoms. The fourth-order valence-corrected chi connectivity index (χ4v) is 1.10. The fourth-order valence-electron chi connectivity index (χ4n) is 1.10. The Morgan fingerprint density at radius 1 is 1.33 bits per heavy atom. The number of hydrogen-bond donors (Lipinski definition) is 1. The Morgan fingerprint density at radius 3 is 2.42 bits per heavy atom. The Hall–Kier alpha value is -0.960. The van der Waals surface area contributed by atoms with Crippen LogP contribution in [-0.4, -0.2) is 5.11 Å². The zero-order chi connectivity index (χ0) is 9.30. The van der Waals surface area contributed by atoms with Gasteiger partial charge in [0.05, 0.1) is 6.61 Å². The Balaban J connectivity index is 3.42. The van der Waals surface area contributed by atoms with E-state index in [2.05, 4.69) is 0 Å². The molecule has 1 aromatic carbocycles. The van der Waals surface area contributed by atoms with E-state index in [4.69, 9.17) is 5.11 Å². The zero-order valence-electron chi connectivity index (χ0n) is 6.99. The molecule has 1 N–H and O–H groups in total. The van der Waals surface area contributed by atoms with Crippen LogP contribution in [0.4, 0.5) is 8.78 Å². The maximum absolute atomic E-state index is 13.1. The maximum atomic E-state index is 13.1. The van der Waals surface area contributed by atoms with E-state index >= 15 is 0 Å². The second-order valence-electron chi connectivity index (χ2n) is 2.75. The molecule has 66 valence electrons. The van der Waals surface area contributed by atoms with Gasteiger partial charge in [-0.1, -0.05) is 0 Å². The molecule has 0 atom stereocenters. The monoisotopic (exact) mass is 172 g/mol. The SMILES string of the molecule is Cc1cc(F)c(C)c(CO)c1F. The number of hydrogen-bond acceptors (Lipinski definition) is 1. The summed E-state index contributed by atoms with van der Waals surface area (Å²) in [6.07, 6.45) is 0. The van der Waals surface area contributed by atoms with E-state index in [1.54, 1.807) is 0 Å². The van der Waals surface area contributed by atoms with E-state index in [1.807, 2.05) is 0 Å². The van der Waals surface area contributed by atoms with Crippen LogP contribution in [0.2, 0.25) is 0 Å². The Kier molecular flexibility index (Phi) is 2.43. The molecular formula is C9H10F2O. The molecule has 0 aliphatic heterocycles. The molecule has 1 aromatic rings. The molecule has 0 aliphatic carbocycles. The van der Waals surface area contributed by atoms with Crippen LogP contribution in [0.25, 0.3) is 0 Å². The van der Waals surface area contributed by atoms with E-state index < -0.39 is 18.2 Å². The summed E-state index contributed by atoms with van der Waals surface area (Å²) in [5, 5.41) is 8.74. The van der Waals surface area contributed by atoms with Crippen molar-refractivity contribution in [1.82, 2.24) is 0 Å². The summed E-state index contributed by atoms with van der Waals surface area (Å²) in [6, 6.07) is 1.13. The van der Waals surface area contributed by atoms with Crippen LogP contribution in [0, 0.1) is 25.5 Å². The number of benzene rings is 1. The fraction of sp³-hybridized carbons (Fsp3) is 0.333. The molecule has 0 radical (unpaired) electrons. The number of aliphatic hydroxyl groups is 1. The first kappa shape index (κ1) is 9.13. The summed E-state index contributed by atoms with van der Waals surface area (Å²) >= 11 is 0. The highest BCUT2D eigenvalue weighted by molar-refractivity contribution is 5.33. The van der Waals surface area contributed by atoms with Crippen molar-refractivity contribution < 1.29 is 13.9 Å². The van der Waals surface area contributed by atoms with E-state index in [0.29, 0.717) is 0 Å². The predicted octanol–water partition coefficient (Wildman–Crippen LogP) is 2.07. The van der Waals surface area contributed by atoms with Crippen LogP contribution in [-0.2, 0) is 6.61 Å². The lowest BCUT2D eigenvalue weighted by atomic mass is 10.0. The third-order valence-corrected chi connectivity index (χ3v) is 1.92. The van der Waals surface area contributed by atoms with Gasteiger partial charge in [-0.15, -0.1) is 0 Å². The molecule has 0 heterocycles. The average Bonchev–Trinajstić information content (AvgIpc) is 2.02. The standard InChI is InChI=1S/C9H10F2O/c1-5-3-8(10)6(2)7(4-12)9(5)11/h3,12H,4H2,1-2H3. The molecule has 1 nitrogen and oxygen atoms in total. The number of aryl methyl sites for hydroxylation is 1. The molecule has 0 fully saturated rings. The van der Waals surface area contributed by atoms with E-state index in [1.165, 1.54) is 13.8 Å². The Bertz CT molecular complexity index is 282. The third-order valence-electron chi connectivity index (χ3n) is 1.92. The van der Waals surface area contributed by atoms with Gasteiger partial charge in [-0.3, -0.25) is 0 Å². The molecular weight excluding hydrogens is 162 g/mol. The minimum Gasteiger partial charge on any atom is -0.392 e. The lowest BCUT2D eigenvalue weighted by Crippen LogP contribution is -2.00. The van der Waals surface area contributed by atoms with Gasteiger partial charge in [0.15, 0.2) is 0 Å². The number of aliphatic hydroxyl groups excluding tert-OH is 1. The first-order valence-corrected chi connectivity index (χ1v) is 3.63. The minimum absolute atomic E-state index is 0.0486. The van der Waals surface area contributed by atoms with Crippen molar-refractivity contribution in [1.29, 1.82) is 0 Å². The summed E-state index contributed by atoms with van der Waals surface area (Å²) in [5.74, 6) is -0.991. The quantitative estimate of drug-likeness (QED) is 0.687. The third kappa shape index (κ3) is 1.32. The molecule has 0 aliphatic rings. The van der Waals surface area contributed by atoms with Gasteiger partial charge in [0, 0.05) is 5.56 Å². The van der Waals surface area contributed by atoms with Crippen molar-refractivity contribution in [3.8, 4) is 0 Å². The van der Waals surface area contributed by atoms with Crippen molar-refractivity contribution in [3.63, 3.8) is 0 Å². The summed E-state index contributed by atoms with van der Waals surface area (Å²) in [6.45, 7) is 2.46. The van der Waals surface area contributed by atoms with Gasteiger partial charge in [-0.25, -0.2) is 8.78 Å². The summed E-state index contributed by atoms with van der Waals surface area (Å²) in [5.41, 5.74) is 0.454. The molecule has 0 saturated heterocycles. The number of halogens is 2. The summed E-state index contributed by atoms with van der Waals surface area (Å²) in [7, 11) is 0. The second kappa shape index (κ2) is 3.19. The van der Waals surface area contributed by atoms with Crippen molar-refractivity contribution >= 4 is 0 Å².